The molecule has 0 aromatic carbocycles. The van der Waals surface area contributed by atoms with E-state index in [0.29, 0.717) is 17.8 Å². The van der Waals surface area contributed by atoms with E-state index in [1.54, 1.807) is 11.3 Å². The summed E-state index contributed by atoms with van der Waals surface area (Å²) in [6, 6.07) is 2.00. The highest BCUT2D eigenvalue weighted by molar-refractivity contribution is 7.08. The topological polar surface area (TPSA) is 66.0 Å². The van der Waals surface area contributed by atoms with Gasteiger partial charge in [-0.25, -0.2) is 0 Å². The molecule has 0 aliphatic rings. The van der Waals surface area contributed by atoms with Crippen LogP contribution in [0.2, 0.25) is 0 Å². The third-order valence-electron chi connectivity index (χ3n) is 2.98. The lowest BCUT2D eigenvalue weighted by atomic mass is 10.5. The van der Waals surface area contributed by atoms with Gasteiger partial charge in [-0.05, 0) is 31.7 Å². The molecule has 2 aromatic heterocycles. The van der Waals surface area contributed by atoms with E-state index in [1.165, 1.54) is 0 Å². The van der Waals surface area contributed by atoms with Crippen LogP contribution in [0.3, 0.4) is 0 Å². The molecule has 0 fully saturated rings. The highest BCUT2D eigenvalue weighted by atomic mass is 32.1. The smallest absolute Gasteiger partial charge is 0.233 e. The Labute approximate surface area is 129 Å². The van der Waals surface area contributed by atoms with Crippen molar-refractivity contribution >= 4 is 34.9 Å². The van der Waals surface area contributed by atoms with Crippen molar-refractivity contribution in [3.05, 3.63) is 16.8 Å². The van der Waals surface area contributed by atoms with E-state index in [9.17, 15) is 0 Å². The first kappa shape index (κ1) is 15.5. The summed E-state index contributed by atoms with van der Waals surface area (Å²) in [7, 11) is 0. The predicted octanol–water partition coefficient (Wildman–Crippen LogP) is 3.34. The van der Waals surface area contributed by atoms with Crippen LogP contribution in [-0.4, -0.2) is 34.6 Å². The number of anilines is 4. The number of nitrogens with zero attached hydrogens (tertiary/aromatic N) is 4. The molecular weight excluding hydrogens is 284 g/mol. The highest BCUT2D eigenvalue weighted by Gasteiger charge is 2.11. The van der Waals surface area contributed by atoms with Gasteiger partial charge in [0.1, 0.15) is 0 Å². The molecule has 0 radical (unpaired) electrons. The SMILES string of the molecule is CCCNc1nc(Nc2ccsc2)nc(N(CC)CC)n1. The monoisotopic (exact) mass is 306 g/mol. The first-order chi connectivity index (χ1) is 10.3. The Kier molecular flexibility index (Phi) is 5.74. The average molecular weight is 306 g/mol. The molecular formula is C14H22N6S. The summed E-state index contributed by atoms with van der Waals surface area (Å²) in [5.74, 6) is 1.89. The third kappa shape index (κ3) is 4.29. The first-order valence-electron chi connectivity index (χ1n) is 7.30. The van der Waals surface area contributed by atoms with Crippen LogP contribution in [0.25, 0.3) is 0 Å². The van der Waals surface area contributed by atoms with Crippen LogP contribution in [-0.2, 0) is 0 Å². The normalized spacial score (nSPS) is 10.4. The van der Waals surface area contributed by atoms with Crippen LogP contribution in [0, 0.1) is 0 Å². The molecule has 0 atom stereocenters. The summed E-state index contributed by atoms with van der Waals surface area (Å²) in [6.45, 7) is 8.89. The molecule has 7 heteroatoms. The van der Waals surface area contributed by atoms with Gasteiger partial charge in [0.25, 0.3) is 0 Å². The van der Waals surface area contributed by atoms with Crippen molar-refractivity contribution in [3.63, 3.8) is 0 Å². The van der Waals surface area contributed by atoms with Gasteiger partial charge in [-0.1, -0.05) is 6.92 Å². The lowest BCUT2D eigenvalue weighted by Crippen LogP contribution is -2.25. The second kappa shape index (κ2) is 7.78. The molecule has 2 N–H and O–H groups in total. The van der Waals surface area contributed by atoms with Crippen LogP contribution < -0.4 is 15.5 Å². The van der Waals surface area contributed by atoms with Crippen molar-refractivity contribution in [3.8, 4) is 0 Å². The van der Waals surface area contributed by atoms with Crippen LogP contribution >= 0.6 is 11.3 Å². The number of hydrogen-bond acceptors (Lipinski definition) is 7. The number of rotatable bonds is 8. The van der Waals surface area contributed by atoms with E-state index >= 15 is 0 Å². The third-order valence-corrected chi connectivity index (χ3v) is 3.66. The summed E-state index contributed by atoms with van der Waals surface area (Å²) in [4.78, 5) is 15.6. The van der Waals surface area contributed by atoms with Gasteiger partial charge in [-0.3, -0.25) is 0 Å². The molecule has 0 spiro atoms. The molecule has 6 nitrogen and oxygen atoms in total. The zero-order valence-corrected chi connectivity index (χ0v) is 13.6. The zero-order chi connectivity index (χ0) is 15.1. The van der Waals surface area contributed by atoms with Crippen LogP contribution in [0.5, 0.6) is 0 Å². The van der Waals surface area contributed by atoms with Crippen LogP contribution in [0.1, 0.15) is 27.2 Å². The van der Waals surface area contributed by atoms with E-state index < -0.39 is 0 Å². The molecule has 21 heavy (non-hydrogen) atoms. The molecule has 0 aliphatic heterocycles. The fourth-order valence-electron chi connectivity index (χ4n) is 1.85. The van der Waals surface area contributed by atoms with E-state index in [4.69, 9.17) is 0 Å². The molecule has 0 saturated carbocycles. The molecule has 0 saturated heterocycles. The minimum absolute atomic E-state index is 0.573. The molecule has 0 aliphatic carbocycles. The molecule has 2 rings (SSSR count). The zero-order valence-electron chi connectivity index (χ0n) is 12.8. The number of aromatic nitrogens is 3. The maximum absolute atomic E-state index is 4.52. The van der Waals surface area contributed by atoms with Gasteiger partial charge in [0.15, 0.2) is 0 Å². The minimum atomic E-state index is 0.573. The van der Waals surface area contributed by atoms with Crippen LogP contribution in [0.15, 0.2) is 16.8 Å². The summed E-state index contributed by atoms with van der Waals surface area (Å²) in [5, 5.41) is 10.5. The standard InChI is InChI=1S/C14H22N6S/c1-4-8-15-12-17-13(16-11-7-9-21-10-11)19-14(18-12)20(5-2)6-3/h7,9-10H,4-6,8H2,1-3H3,(H2,15,16,17,18,19). The second-order valence-electron chi connectivity index (χ2n) is 4.52. The summed E-state index contributed by atoms with van der Waals surface area (Å²) in [5.41, 5.74) is 0.998. The number of thiophene rings is 1. The van der Waals surface area contributed by atoms with E-state index in [-0.39, 0.29) is 0 Å². The first-order valence-corrected chi connectivity index (χ1v) is 8.25. The van der Waals surface area contributed by atoms with Crippen molar-refractivity contribution in [1.82, 2.24) is 15.0 Å². The van der Waals surface area contributed by atoms with Gasteiger partial charge < -0.3 is 15.5 Å². The molecule has 114 valence electrons. The quantitative estimate of drug-likeness (QED) is 0.779. The van der Waals surface area contributed by atoms with Gasteiger partial charge in [0, 0.05) is 25.0 Å². The second-order valence-corrected chi connectivity index (χ2v) is 5.30. The predicted molar refractivity (Wildman–Crippen MR) is 89.8 cm³/mol. The van der Waals surface area contributed by atoms with Gasteiger partial charge in [0.2, 0.25) is 17.8 Å². The Morgan fingerprint density at radius 3 is 2.48 bits per heavy atom. The fourth-order valence-corrected chi connectivity index (χ4v) is 2.44. The Balaban J connectivity index is 2.27. The Bertz CT molecular complexity index is 538. The van der Waals surface area contributed by atoms with Gasteiger partial charge in [0.05, 0.1) is 5.69 Å². The Morgan fingerprint density at radius 2 is 1.86 bits per heavy atom. The Hall–Kier alpha value is -1.89. The van der Waals surface area contributed by atoms with Gasteiger partial charge in [-0.15, -0.1) is 0 Å². The lowest BCUT2D eigenvalue weighted by Gasteiger charge is -2.19. The summed E-state index contributed by atoms with van der Waals surface area (Å²) in [6.07, 6.45) is 1.03. The average Bonchev–Trinajstić information content (AvgIpc) is 2.99. The van der Waals surface area contributed by atoms with Crippen molar-refractivity contribution in [2.75, 3.05) is 35.2 Å². The maximum Gasteiger partial charge on any atom is 0.233 e. The van der Waals surface area contributed by atoms with Crippen molar-refractivity contribution < 1.29 is 0 Å². The minimum Gasteiger partial charge on any atom is -0.354 e. The lowest BCUT2D eigenvalue weighted by molar-refractivity contribution is 0.812. The Morgan fingerprint density at radius 1 is 1.10 bits per heavy atom. The molecule has 0 bridgehead atoms. The maximum atomic E-state index is 4.52. The van der Waals surface area contributed by atoms with Gasteiger partial charge >= 0.3 is 0 Å². The largest absolute Gasteiger partial charge is 0.354 e. The molecule has 2 heterocycles. The van der Waals surface area contributed by atoms with Crippen LogP contribution in [0.4, 0.5) is 23.5 Å². The van der Waals surface area contributed by atoms with E-state index in [2.05, 4.69) is 51.3 Å². The summed E-state index contributed by atoms with van der Waals surface area (Å²) < 4.78 is 0. The van der Waals surface area contributed by atoms with Crippen molar-refractivity contribution in [2.45, 2.75) is 27.2 Å². The van der Waals surface area contributed by atoms with Gasteiger partial charge in [-0.2, -0.15) is 26.3 Å². The molecule has 0 amide bonds. The fraction of sp³-hybridized carbons (Fsp3) is 0.500. The molecule has 0 unspecified atom stereocenters. The molecule has 2 aromatic rings. The number of hydrogen-bond donors (Lipinski definition) is 2. The van der Waals surface area contributed by atoms with Crippen molar-refractivity contribution in [1.29, 1.82) is 0 Å². The highest BCUT2D eigenvalue weighted by Crippen LogP contribution is 2.19. The summed E-state index contributed by atoms with van der Waals surface area (Å²) >= 11 is 1.64. The van der Waals surface area contributed by atoms with Crippen molar-refractivity contribution in [2.24, 2.45) is 0 Å². The van der Waals surface area contributed by atoms with E-state index in [1.807, 2.05) is 16.8 Å². The number of nitrogens with one attached hydrogen (secondary N) is 2. The van der Waals surface area contributed by atoms with E-state index in [0.717, 1.165) is 31.7 Å².